The van der Waals surface area contributed by atoms with Gasteiger partial charge in [-0.2, -0.15) is 0 Å². The Labute approximate surface area is 128 Å². The molecule has 0 radical (unpaired) electrons. The van der Waals surface area contributed by atoms with E-state index in [1.165, 1.54) is 5.56 Å². The molecule has 0 saturated carbocycles. The maximum atomic E-state index is 8.70. The molecule has 0 aromatic heterocycles. The lowest BCUT2D eigenvalue weighted by Gasteiger charge is -2.22. The van der Waals surface area contributed by atoms with E-state index in [4.69, 9.17) is 15.7 Å². The SMILES string of the molecule is CC(C)(CCCCOCCCc1ccccc1)/C(N)=N/O. The van der Waals surface area contributed by atoms with Gasteiger partial charge in [-0.25, -0.2) is 0 Å². The molecule has 4 nitrogen and oxygen atoms in total. The third-order valence-electron chi connectivity index (χ3n) is 3.74. The molecule has 0 heterocycles. The number of oxime groups is 1. The summed E-state index contributed by atoms with van der Waals surface area (Å²) in [6.45, 7) is 5.56. The van der Waals surface area contributed by atoms with Gasteiger partial charge < -0.3 is 15.7 Å². The van der Waals surface area contributed by atoms with Crippen molar-refractivity contribution in [3.8, 4) is 0 Å². The number of benzene rings is 1. The first kappa shape index (κ1) is 17.5. The van der Waals surface area contributed by atoms with Gasteiger partial charge in [0, 0.05) is 18.6 Å². The zero-order valence-corrected chi connectivity index (χ0v) is 13.2. The topological polar surface area (TPSA) is 67.8 Å². The van der Waals surface area contributed by atoms with Crippen LogP contribution in [0.1, 0.15) is 45.1 Å². The highest BCUT2D eigenvalue weighted by Crippen LogP contribution is 2.23. The molecule has 1 aromatic carbocycles. The molecule has 1 aromatic rings. The molecule has 118 valence electrons. The van der Waals surface area contributed by atoms with E-state index < -0.39 is 0 Å². The second-order valence-electron chi connectivity index (χ2n) is 6.03. The predicted octanol–water partition coefficient (Wildman–Crippen LogP) is 3.58. The summed E-state index contributed by atoms with van der Waals surface area (Å²) in [5.74, 6) is 0.297. The first-order valence-electron chi connectivity index (χ1n) is 7.66. The lowest BCUT2D eigenvalue weighted by molar-refractivity contribution is 0.126. The Morgan fingerprint density at radius 1 is 1.14 bits per heavy atom. The van der Waals surface area contributed by atoms with Crippen molar-refractivity contribution in [3.05, 3.63) is 35.9 Å². The molecule has 3 N–H and O–H groups in total. The van der Waals surface area contributed by atoms with Crippen molar-refractivity contribution in [2.45, 2.75) is 46.0 Å². The van der Waals surface area contributed by atoms with Crippen LogP contribution in [0, 0.1) is 5.41 Å². The number of rotatable bonds is 10. The van der Waals surface area contributed by atoms with Crippen molar-refractivity contribution < 1.29 is 9.94 Å². The van der Waals surface area contributed by atoms with Gasteiger partial charge in [0.25, 0.3) is 0 Å². The fraction of sp³-hybridized carbons (Fsp3) is 0.588. The molecular formula is C17H28N2O2. The highest BCUT2D eigenvalue weighted by molar-refractivity contribution is 5.85. The third kappa shape index (κ3) is 7.14. The Bertz CT molecular complexity index is 416. The van der Waals surface area contributed by atoms with Crippen molar-refractivity contribution in [1.82, 2.24) is 0 Å². The Hall–Kier alpha value is -1.55. The van der Waals surface area contributed by atoms with Crippen LogP contribution >= 0.6 is 0 Å². The molecule has 21 heavy (non-hydrogen) atoms. The van der Waals surface area contributed by atoms with E-state index >= 15 is 0 Å². The summed E-state index contributed by atoms with van der Waals surface area (Å²) >= 11 is 0. The number of unbranched alkanes of at least 4 members (excludes halogenated alkanes) is 1. The molecule has 0 amide bonds. The van der Waals surface area contributed by atoms with Gasteiger partial charge in [-0.3, -0.25) is 0 Å². The third-order valence-corrected chi connectivity index (χ3v) is 3.74. The van der Waals surface area contributed by atoms with E-state index in [0.717, 1.165) is 45.3 Å². The molecule has 0 unspecified atom stereocenters. The molecule has 0 bridgehead atoms. The second kappa shape index (κ2) is 9.40. The van der Waals surface area contributed by atoms with Gasteiger partial charge in [-0.15, -0.1) is 0 Å². The lowest BCUT2D eigenvalue weighted by atomic mass is 9.86. The fourth-order valence-electron chi connectivity index (χ4n) is 2.16. The van der Waals surface area contributed by atoms with E-state index in [9.17, 15) is 0 Å². The van der Waals surface area contributed by atoms with Crippen LogP contribution in [0.25, 0.3) is 0 Å². The van der Waals surface area contributed by atoms with Crippen LogP contribution in [0.3, 0.4) is 0 Å². The largest absolute Gasteiger partial charge is 0.409 e. The number of hydrogen-bond acceptors (Lipinski definition) is 3. The number of hydrogen-bond donors (Lipinski definition) is 2. The summed E-state index contributed by atoms with van der Waals surface area (Å²) in [5.41, 5.74) is 6.77. The normalized spacial score (nSPS) is 12.6. The van der Waals surface area contributed by atoms with Crippen LogP contribution in [-0.4, -0.2) is 24.3 Å². The average Bonchev–Trinajstić information content (AvgIpc) is 2.50. The van der Waals surface area contributed by atoms with Crippen molar-refractivity contribution in [1.29, 1.82) is 0 Å². The molecular weight excluding hydrogens is 264 g/mol. The molecule has 0 aliphatic rings. The maximum absolute atomic E-state index is 8.70. The summed E-state index contributed by atoms with van der Waals surface area (Å²) < 4.78 is 5.65. The monoisotopic (exact) mass is 292 g/mol. The molecule has 0 aliphatic heterocycles. The number of aryl methyl sites for hydroxylation is 1. The second-order valence-corrected chi connectivity index (χ2v) is 6.03. The standard InChI is InChI=1S/C17H28N2O2/c1-17(2,16(18)19-20)12-6-7-13-21-14-8-11-15-9-4-3-5-10-15/h3-5,9-10,20H,6-8,11-14H2,1-2H3,(H2,18,19). The Balaban J connectivity index is 2.00. The summed E-state index contributed by atoms with van der Waals surface area (Å²) in [6.07, 6.45) is 5.04. The molecule has 0 atom stereocenters. The van der Waals surface area contributed by atoms with Crippen molar-refractivity contribution in [2.75, 3.05) is 13.2 Å². The fourth-order valence-corrected chi connectivity index (χ4v) is 2.16. The summed E-state index contributed by atoms with van der Waals surface area (Å²) in [6, 6.07) is 10.5. The van der Waals surface area contributed by atoms with Crippen LogP contribution in [0.4, 0.5) is 0 Å². The quantitative estimate of drug-likeness (QED) is 0.228. The van der Waals surface area contributed by atoms with Crippen LogP contribution < -0.4 is 5.73 Å². The van der Waals surface area contributed by atoms with Gasteiger partial charge in [0.15, 0.2) is 0 Å². The summed E-state index contributed by atoms with van der Waals surface area (Å²) in [7, 11) is 0. The van der Waals surface area contributed by atoms with E-state index in [1.54, 1.807) is 0 Å². The lowest BCUT2D eigenvalue weighted by Crippen LogP contribution is -2.31. The van der Waals surface area contributed by atoms with Crippen molar-refractivity contribution in [2.24, 2.45) is 16.3 Å². The maximum Gasteiger partial charge on any atom is 0.144 e. The predicted molar refractivity (Wildman–Crippen MR) is 86.6 cm³/mol. The minimum absolute atomic E-state index is 0.248. The van der Waals surface area contributed by atoms with Crippen LogP contribution in [0.2, 0.25) is 0 Å². The zero-order chi connectivity index (χ0) is 15.6. The first-order valence-corrected chi connectivity index (χ1v) is 7.66. The van der Waals surface area contributed by atoms with E-state index in [0.29, 0.717) is 5.84 Å². The van der Waals surface area contributed by atoms with E-state index in [1.807, 2.05) is 19.9 Å². The van der Waals surface area contributed by atoms with Crippen LogP contribution in [0.15, 0.2) is 35.5 Å². The highest BCUT2D eigenvalue weighted by Gasteiger charge is 2.22. The first-order chi connectivity index (χ1) is 10.1. The van der Waals surface area contributed by atoms with Gasteiger partial charge in [0.2, 0.25) is 0 Å². The molecule has 4 heteroatoms. The zero-order valence-electron chi connectivity index (χ0n) is 13.2. The van der Waals surface area contributed by atoms with E-state index in [-0.39, 0.29) is 5.41 Å². The molecule has 0 saturated heterocycles. The summed E-state index contributed by atoms with van der Waals surface area (Å²) in [4.78, 5) is 0. The summed E-state index contributed by atoms with van der Waals surface area (Å²) in [5, 5.41) is 11.8. The highest BCUT2D eigenvalue weighted by atomic mass is 16.5. The smallest absolute Gasteiger partial charge is 0.144 e. The van der Waals surface area contributed by atoms with Gasteiger partial charge in [0.05, 0.1) is 0 Å². The van der Waals surface area contributed by atoms with Gasteiger partial charge in [-0.05, 0) is 31.2 Å². The molecule has 0 spiro atoms. The number of nitrogens with two attached hydrogens (primary N) is 1. The van der Waals surface area contributed by atoms with Gasteiger partial charge in [0.1, 0.15) is 5.84 Å². The van der Waals surface area contributed by atoms with Gasteiger partial charge in [-0.1, -0.05) is 55.8 Å². The average molecular weight is 292 g/mol. The Morgan fingerprint density at radius 2 is 1.81 bits per heavy atom. The minimum Gasteiger partial charge on any atom is -0.409 e. The molecule has 0 aliphatic carbocycles. The van der Waals surface area contributed by atoms with Crippen molar-refractivity contribution >= 4 is 5.84 Å². The van der Waals surface area contributed by atoms with Crippen molar-refractivity contribution in [3.63, 3.8) is 0 Å². The Kier molecular flexibility index (Phi) is 7.83. The number of ether oxygens (including phenoxy) is 1. The number of amidine groups is 1. The van der Waals surface area contributed by atoms with Crippen LogP contribution in [0.5, 0.6) is 0 Å². The number of nitrogens with zero attached hydrogens (tertiary/aromatic N) is 1. The van der Waals surface area contributed by atoms with Crippen LogP contribution in [-0.2, 0) is 11.2 Å². The molecule has 1 rings (SSSR count). The minimum atomic E-state index is -0.248. The molecule has 0 fully saturated rings. The Morgan fingerprint density at radius 3 is 2.48 bits per heavy atom. The van der Waals surface area contributed by atoms with Gasteiger partial charge >= 0.3 is 0 Å². The van der Waals surface area contributed by atoms with E-state index in [2.05, 4.69) is 29.4 Å².